The molecular formula is C21H22F2N4O2. The van der Waals surface area contributed by atoms with Gasteiger partial charge in [-0.15, -0.1) is 0 Å². The molecule has 0 aliphatic rings. The molecule has 1 aromatic heterocycles. The third-order valence-electron chi connectivity index (χ3n) is 4.23. The first kappa shape index (κ1) is 20.5. The fourth-order valence-corrected chi connectivity index (χ4v) is 2.71. The van der Waals surface area contributed by atoms with Crippen LogP contribution < -0.4 is 10.1 Å². The highest BCUT2D eigenvalue weighted by Gasteiger charge is 2.16. The van der Waals surface area contributed by atoms with Gasteiger partial charge in [-0.3, -0.25) is 9.89 Å². The minimum absolute atomic E-state index is 0.0303. The molecule has 0 saturated heterocycles. The van der Waals surface area contributed by atoms with E-state index < -0.39 is 5.82 Å². The van der Waals surface area contributed by atoms with Crippen LogP contribution in [0.4, 0.5) is 14.5 Å². The topological polar surface area (TPSA) is 70.2 Å². The maximum Gasteiger partial charge on any atom is 0.228 e. The van der Waals surface area contributed by atoms with E-state index in [4.69, 9.17) is 4.74 Å². The summed E-state index contributed by atoms with van der Waals surface area (Å²) in [7, 11) is 3.83. The predicted molar refractivity (Wildman–Crippen MR) is 107 cm³/mol. The van der Waals surface area contributed by atoms with Gasteiger partial charge in [-0.1, -0.05) is 12.1 Å². The van der Waals surface area contributed by atoms with Crippen LogP contribution in [0.5, 0.6) is 5.75 Å². The van der Waals surface area contributed by atoms with Gasteiger partial charge in [0.05, 0.1) is 18.3 Å². The molecule has 0 unspecified atom stereocenters. The molecule has 1 amide bonds. The number of nitrogens with zero attached hydrogens (tertiary/aromatic N) is 2. The smallest absolute Gasteiger partial charge is 0.228 e. The maximum absolute atomic E-state index is 14.7. The SMILES string of the molecule is CN(C)CCOc1cc(-c2cn[nH]c2)c(F)cc1NC(=O)Cc1ccc(F)cc1. The number of H-pyrrole nitrogens is 1. The van der Waals surface area contributed by atoms with Gasteiger partial charge in [-0.25, -0.2) is 8.78 Å². The molecule has 1 heterocycles. The summed E-state index contributed by atoms with van der Waals surface area (Å²) >= 11 is 0. The number of amides is 1. The Hall–Kier alpha value is -3.26. The summed E-state index contributed by atoms with van der Waals surface area (Å²) in [4.78, 5) is 14.4. The maximum atomic E-state index is 14.7. The summed E-state index contributed by atoms with van der Waals surface area (Å²) in [6, 6.07) is 8.42. The van der Waals surface area contributed by atoms with Crippen LogP contribution in [0.3, 0.4) is 0 Å². The highest BCUT2D eigenvalue weighted by Crippen LogP contribution is 2.33. The van der Waals surface area contributed by atoms with Gasteiger partial charge in [-0.05, 0) is 37.9 Å². The van der Waals surface area contributed by atoms with Crippen molar-refractivity contribution < 1.29 is 18.3 Å². The normalized spacial score (nSPS) is 10.9. The first-order valence-corrected chi connectivity index (χ1v) is 9.07. The van der Waals surface area contributed by atoms with Crippen molar-refractivity contribution in [3.8, 4) is 16.9 Å². The zero-order valence-electron chi connectivity index (χ0n) is 16.2. The number of halogens is 2. The van der Waals surface area contributed by atoms with E-state index in [0.29, 0.717) is 35.6 Å². The van der Waals surface area contributed by atoms with Crippen LogP contribution in [0.15, 0.2) is 48.8 Å². The third kappa shape index (κ3) is 5.61. The number of carbonyl (C=O) groups excluding carboxylic acids is 1. The summed E-state index contributed by atoms with van der Waals surface area (Å²) in [5.74, 6) is -0.882. The largest absolute Gasteiger partial charge is 0.490 e. The highest BCUT2D eigenvalue weighted by atomic mass is 19.1. The van der Waals surface area contributed by atoms with Gasteiger partial charge in [0, 0.05) is 29.9 Å². The molecule has 0 saturated carbocycles. The second kappa shape index (κ2) is 9.29. The van der Waals surface area contributed by atoms with E-state index in [-0.39, 0.29) is 23.8 Å². The van der Waals surface area contributed by atoms with Crippen molar-refractivity contribution in [3.05, 3.63) is 66.0 Å². The van der Waals surface area contributed by atoms with E-state index in [1.807, 2.05) is 19.0 Å². The monoisotopic (exact) mass is 400 g/mol. The number of hydrogen-bond donors (Lipinski definition) is 2. The summed E-state index contributed by atoms with van der Waals surface area (Å²) < 4.78 is 33.5. The van der Waals surface area contributed by atoms with Crippen LogP contribution in [-0.4, -0.2) is 48.3 Å². The van der Waals surface area contributed by atoms with E-state index in [1.165, 1.54) is 36.5 Å². The lowest BCUT2D eigenvalue weighted by Crippen LogP contribution is -2.20. The van der Waals surface area contributed by atoms with Crippen LogP contribution in [0.2, 0.25) is 0 Å². The van der Waals surface area contributed by atoms with Crippen LogP contribution >= 0.6 is 0 Å². The van der Waals surface area contributed by atoms with E-state index in [2.05, 4.69) is 15.5 Å². The van der Waals surface area contributed by atoms with Gasteiger partial charge in [0.2, 0.25) is 5.91 Å². The molecule has 3 aromatic rings. The average Bonchev–Trinajstić information content (AvgIpc) is 3.19. The predicted octanol–water partition coefficient (Wildman–Crippen LogP) is 3.48. The zero-order chi connectivity index (χ0) is 20.8. The molecular weight excluding hydrogens is 378 g/mol. The Morgan fingerprint density at radius 1 is 1.21 bits per heavy atom. The lowest BCUT2D eigenvalue weighted by atomic mass is 10.1. The summed E-state index contributed by atoms with van der Waals surface area (Å²) in [6.45, 7) is 1.02. The van der Waals surface area contributed by atoms with Crippen molar-refractivity contribution in [2.75, 3.05) is 32.6 Å². The number of nitrogens with one attached hydrogen (secondary N) is 2. The number of likely N-dealkylation sites (N-methyl/N-ethyl adjacent to an activating group) is 1. The molecule has 8 heteroatoms. The molecule has 29 heavy (non-hydrogen) atoms. The number of hydrogen-bond acceptors (Lipinski definition) is 4. The molecule has 6 nitrogen and oxygen atoms in total. The Kier molecular flexibility index (Phi) is 6.56. The van der Waals surface area contributed by atoms with Crippen molar-refractivity contribution >= 4 is 11.6 Å². The van der Waals surface area contributed by atoms with Crippen molar-refractivity contribution in [3.63, 3.8) is 0 Å². The Morgan fingerprint density at radius 2 is 1.97 bits per heavy atom. The molecule has 2 aromatic carbocycles. The number of ether oxygens (including phenoxy) is 1. The molecule has 2 N–H and O–H groups in total. The molecule has 0 radical (unpaired) electrons. The van der Waals surface area contributed by atoms with Gasteiger partial charge >= 0.3 is 0 Å². The van der Waals surface area contributed by atoms with Crippen molar-refractivity contribution in [2.24, 2.45) is 0 Å². The summed E-state index contributed by atoms with van der Waals surface area (Å²) in [6.07, 6.45) is 3.12. The fourth-order valence-electron chi connectivity index (χ4n) is 2.71. The quantitative estimate of drug-likeness (QED) is 0.607. The summed E-state index contributed by atoms with van der Waals surface area (Å²) in [5, 5.41) is 9.18. The van der Waals surface area contributed by atoms with E-state index in [9.17, 15) is 13.6 Å². The van der Waals surface area contributed by atoms with Gasteiger partial charge in [0.1, 0.15) is 24.0 Å². The minimum atomic E-state index is -0.511. The van der Waals surface area contributed by atoms with Crippen LogP contribution in [0, 0.1) is 11.6 Å². The standard InChI is InChI=1S/C21H22F2N4O2/c1-27(2)7-8-29-20-10-17(15-12-24-25-13-15)18(23)11-19(20)26-21(28)9-14-3-5-16(22)6-4-14/h3-6,10-13H,7-9H2,1-2H3,(H,24,25)(H,26,28). The van der Waals surface area contributed by atoms with Crippen molar-refractivity contribution in [2.45, 2.75) is 6.42 Å². The average molecular weight is 400 g/mol. The molecule has 0 aliphatic carbocycles. The van der Waals surface area contributed by atoms with E-state index in [1.54, 1.807) is 12.3 Å². The van der Waals surface area contributed by atoms with Crippen LogP contribution in [0.25, 0.3) is 11.1 Å². The van der Waals surface area contributed by atoms with Crippen molar-refractivity contribution in [1.29, 1.82) is 0 Å². The second-order valence-electron chi connectivity index (χ2n) is 6.82. The molecule has 0 atom stereocenters. The van der Waals surface area contributed by atoms with Gasteiger partial charge < -0.3 is 15.0 Å². The summed E-state index contributed by atoms with van der Waals surface area (Å²) in [5.41, 5.74) is 1.77. The number of aromatic amines is 1. The number of carbonyl (C=O) groups is 1. The Labute approximate surface area is 167 Å². The fraction of sp³-hybridized carbons (Fsp3) is 0.238. The molecule has 0 aliphatic heterocycles. The second-order valence-corrected chi connectivity index (χ2v) is 6.82. The number of benzene rings is 2. The van der Waals surface area contributed by atoms with Gasteiger partial charge in [-0.2, -0.15) is 5.10 Å². The lowest BCUT2D eigenvalue weighted by molar-refractivity contribution is -0.115. The zero-order valence-corrected chi connectivity index (χ0v) is 16.2. The lowest BCUT2D eigenvalue weighted by Gasteiger charge is -2.16. The van der Waals surface area contributed by atoms with E-state index >= 15 is 0 Å². The van der Waals surface area contributed by atoms with Gasteiger partial charge in [0.25, 0.3) is 0 Å². The molecule has 3 rings (SSSR count). The molecule has 0 spiro atoms. The Bertz CT molecular complexity index is 958. The Balaban J connectivity index is 1.82. The first-order valence-electron chi connectivity index (χ1n) is 9.07. The number of rotatable bonds is 8. The van der Waals surface area contributed by atoms with E-state index in [0.717, 1.165) is 0 Å². The van der Waals surface area contributed by atoms with Crippen molar-refractivity contribution in [1.82, 2.24) is 15.1 Å². The van der Waals surface area contributed by atoms with Crippen LogP contribution in [-0.2, 0) is 11.2 Å². The molecule has 0 bridgehead atoms. The highest BCUT2D eigenvalue weighted by molar-refractivity contribution is 5.94. The minimum Gasteiger partial charge on any atom is -0.490 e. The Morgan fingerprint density at radius 3 is 2.62 bits per heavy atom. The third-order valence-corrected chi connectivity index (χ3v) is 4.23. The number of aromatic nitrogens is 2. The van der Waals surface area contributed by atoms with Gasteiger partial charge in [0.15, 0.2) is 0 Å². The molecule has 152 valence electrons. The first-order chi connectivity index (χ1) is 13.9. The van der Waals surface area contributed by atoms with Crippen LogP contribution in [0.1, 0.15) is 5.56 Å². The molecule has 0 fully saturated rings. The number of anilines is 1.